The minimum atomic E-state index is -0.874. The maximum absolute atomic E-state index is 12.2. The van der Waals surface area contributed by atoms with E-state index in [1.54, 1.807) is 11.3 Å². The highest BCUT2D eigenvalue weighted by molar-refractivity contribution is 7.14. The molecular weight excluding hydrogens is 288 g/mol. The zero-order valence-electron chi connectivity index (χ0n) is 11.0. The van der Waals surface area contributed by atoms with Crippen LogP contribution in [0.2, 0.25) is 0 Å². The second-order valence-electron chi connectivity index (χ2n) is 5.82. The van der Waals surface area contributed by atoms with Crippen LogP contribution in [0.4, 0.5) is 0 Å². The molecule has 2 aromatic heterocycles. The summed E-state index contributed by atoms with van der Waals surface area (Å²) in [4.78, 5) is 14.9. The molecular formula is C16H16O2S2. The molecule has 0 aliphatic heterocycles. The minimum Gasteiger partial charge on any atom is -0.378 e. The van der Waals surface area contributed by atoms with E-state index in [0.29, 0.717) is 5.92 Å². The summed E-state index contributed by atoms with van der Waals surface area (Å²) >= 11 is 3.09. The zero-order chi connectivity index (χ0) is 13.7. The third kappa shape index (κ3) is 1.98. The summed E-state index contributed by atoms with van der Waals surface area (Å²) in [5, 5.41) is 13.2. The molecule has 0 amide bonds. The van der Waals surface area contributed by atoms with Crippen LogP contribution in [0.3, 0.4) is 0 Å². The van der Waals surface area contributed by atoms with Crippen molar-refractivity contribution < 1.29 is 9.90 Å². The fraction of sp³-hybridized carbons (Fsp3) is 0.438. The number of rotatable bonds is 5. The van der Waals surface area contributed by atoms with Crippen molar-refractivity contribution in [1.82, 2.24) is 0 Å². The Balaban J connectivity index is 1.72. The highest BCUT2D eigenvalue weighted by Gasteiger charge is 2.48. The van der Waals surface area contributed by atoms with Crippen molar-refractivity contribution >= 4 is 28.5 Å². The fourth-order valence-electron chi connectivity index (χ4n) is 2.74. The normalized spacial score (nSPS) is 21.6. The lowest BCUT2D eigenvalue weighted by molar-refractivity contribution is 0.0640. The maximum atomic E-state index is 12.2. The van der Waals surface area contributed by atoms with Gasteiger partial charge in [0.05, 0.1) is 4.88 Å². The van der Waals surface area contributed by atoms with Gasteiger partial charge < -0.3 is 5.11 Å². The lowest BCUT2D eigenvalue weighted by atomic mass is 9.94. The number of hydrogen-bond acceptors (Lipinski definition) is 4. The number of ketones is 1. The second kappa shape index (κ2) is 4.52. The topological polar surface area (TPSA) is 37.3 Å². The third-order valence-electron chi connectivity index (χ3n) is 4.24. The summed E-state index contributed by atoms with van der Waals surface area (Å²) in [6.07, 6.45) is 4.20. The average molecular weight is 304 g/mol. The van der Waals surface area contributed by atoms with E-state index in [1.165, 1.54) is 11.3 Å². The van der Waals surface area contributed by atoms with E-state index in [1.807, 2.05) is 29.6 Å². The summed E-state index contributed by atoms with van der Waals surface area (Å²) in [6, 6.07) is 7.85. The largest absolute Gasteiger partial charge is 0.378 e. The maximum Gasteiger partial charge on any atom is 0.175 e. The van der Waals surface area contributed by atoms with Crippen LogP contribution in [0.1, 0.15) is 45.1 Å². The molecule has 0 bridgehead atoms. The number of hydrogen-bond donors (Lipinski definition) is 1. The van der Waals surface area contributed by atoms with E-state index in [-0.39, 0.29) is 11.7 Å². The molecule has 2 nitrogen and oxygen atoms in total. The lowest BCUT2D eigenvalue weighted by Gasteiger charge is -2.25. The monoisotopic (exact) mass is 304 g/mol. The Morgan fingerprint density at radius 2 is 1.95 bits per heavy atom. The predicted molar refractivity (Wildman–Crippen MR) is 81.4 cm³/mol. The fourth-order valence-corrected chi connectivity index (χ4v) is 4.93. The molecule has 0 radical (unpaired) electrons. The van der Waals surface area contributed by atoms with E-state index in [4.69, 9.17) is 0 Å². The molecule has 1 N–H and O–H groups in total. The highest BCUT2D eigenvalue weighted by atomic mass is 32.1. The number of carbonyl (C=O) groups excluding carboxylic acids is 1. The molecule has 20 heavy (non-hydrogen) atoms. The Hall–Kier alpha value is -0.970. The van der Waals surface area contributed by atoms with Crippen molar-refractivity contribution in [3.63, 3.8) is 0 Å². The summed E-state index contributed by atoms with van der Waals surface area (Å²) in [5.74, 6) is 0.825. The lowest BCUT2D eigenvalue weighted by Crippen LogP contribution is -2.27. The standard InChI is InChI=1S/C16H16O2S2/c17-15(10-3-4-10)12-7-8-14(20-12)16(18,11-5-6-11)13-2-1-9-19-13/h1-2,7-11,18H,3-6H2. The molecule has 4 rings (SSSR count). The first kappa shape index (κ1) is 12.7. The molecule has 1 unspecified atom stereocenters. The molecule has 0 saturated heterocycles. The number of aliphatic hydroxyl groups is 1. The third-order valence-corrected chi connectivity index (χ3v) is 6.46. The van der Waals surface area contributed by atoms with Gasteiger partial charge in [-0.15, -0.1) is 22.7 Å². The molecule has 4 heteroatoms. The SMILES string of the molecule is O=C(c1ccc(C(O)(c2cccs2)C2CC2)s1)C1CC1. The van der Waals surface area contributed by atoms with Crippen LogP contribution in [0.15, 0.2) is 29.6 Å². The zero-order valence-corrected chi connectivity index (χ0v) is 12.7. The van der Waals surface area contributed by atoms with Crippen LogP contribution in [-0.4, -0.2) is 10.9 Å². The van der Waals surface area contributed by atoms with Crippen LogP contribution in [0.5, 0.6) is 0 Å². The van der Waals surface area contributed by atoms with Gasteiger partial charge in [-0.2, -0.15) is 0 Å². The number of Topliss-reactive ketones (excluding diaryl/α,β-unsaturated/α-hetero) is 1. The quantitative estimate of drug-likeness (QED) is 0.846. The summed E-state index contributed by atoms with van der Waals surface area (Å²) in [6.45, 7) is 0. The van der Waals surface area contributed by atoms with Crippen molar-refractivity contribution in [1.29, 1.82) is 0 Å². The molecule has 0 spiro atoms. The van der Waals surface area contributed by atoms with Gasteiger partial charge in [-0.3, -0.25) is 4.79 Å². The van der Waals surface area contributed by atoms with E-state index < -0.39 is 5.60 Å². The van der Waals surface area contributed by atoms with Gasteiger partial charge in [-0.1, -0.05) is 6.07 Å². The number of carbonyl (C=O) groups is 1. The Kier molecular flexibility index (Phi) is 2.88. The van der Waals surface area contributed by atoms with Crippen LogP contribution < -0.4 is 0 Å². The molecule has 2 aromatic rings. The Morgan fingerprint density at radius 3 is 2.55 bits per heavy atom. The van der Waals surface area contributed by atoms with Crippen molar-refractivity contribution in [3.05, 3.63) is 44.3 Å². The Labute approximate surface area is 126 Å². The van der Waals surface area contributed by atoms with Gasteiger partial charge in [0.1, 0.15) is 5.60 Å². The minimum absolute atomic E-state index is 0.247. The summed E-state index contributed by atoms with van der Waals surface area (Å²) < 4.78 is 0. The van der Waals surface area contributed by atoms with Crippen molar-refractivity contribution in [2.45, 2.75) is 31.3 Å². The average Bonchev–Trinajstić information content (AvgIpc) is 3.37. The van der Waals surface area contributed by atoms with Gasteiger partial charge in [0.25, 0.3) is 0 Å². The molecule has 2 fully saturated rings. The predicted octanol–water partition coefficient (Wildman–Crippen LogP) is 4.05. The van der Waals surface area contributed by atoms with Gasteiger partial charge in [0, 0.05) is 15.7 Å². The number of thiophene rings is 2. The van der Waals surface area contributed by atoms with E-state index in [2.05, 4.69) is 0 Å². The van der Waals surface area contributed by atoms with Crippen LogP contribution >= 0.6 is 22.7 Å². The summed E-state index contributed by atoms with van der Waals surface area (Å²) in [7, 11) is 0. The molecule has 2 aliphatic rings. The van der Waals surface area contributed by atoms with Crippen LogP contribution in [-0.2, 0) is 5.60 Å². The van der Waals surface area contributed by atoms with E-state index in [9.17, 15) is 9.90 Å². The second-order valence-corrected chi connectivity index (χ2v) is 7.85. The van der Waals surface area contributed by atoms with Crippen LogP contribution in [0, 0.1) is 11.8 Å². The summed E-state index contributed by atoms with van der Waals surface area (Å²) in [5.41, 5.74) is -0.874. The van der Waals surface area contributed by atoms with Gasteiger partial charge in [0.15, 0.2) is 5.78 Å². The van der Waals surface area contributed by atoms with Crippen molar-refractivity contribution in [2.75, 3.05) is 0 Å². The van der Waals surface area contributed by atoms with Gasteiger partial charge >= 0.3 is 0 Å². The molecule has 104 valence electrons. The molecule has 2 saturated carbocycles. The van der Waals surface area contributed by atoms with E-state index in [0.717, 1.165) is 40.3 Å². The molecule has 1 atom stereocenters. The van der Waals surface area contributed by atoms with E-state index >= 15 is 0 Å². The van der Waals surface area contributed by atoms with Crippen LogP contribution in [0.25, 0.3) is 0 Å². The molecule has 0 aromatic carbocycles. The first-order valence-corrected chi connectivity index (χ1v) is 8.80. The highest BCUT2D eigenvalue weighted by Crippen LogP contribution is 2.52. The molecule has 2 heterocycles. The Morgan fingerprint density at radius 1 is 1.15 bits per heavy atom. The first-order valence-electron chi connectivity index (χ1n) is 7.10. The smallest absolute Gasteiger partial charge is 0.175 e. The van der Waals surface area contributed by atoms with Crippen molar-refractivity contribution in [2.24, 2.45) is 11.8 Å². The van der Waals surface area contributed by atoms with Gasteiger partial charge in [0.2, 0.25) is 0 Å². The molecule has 2 aliphatic carbocycles. The first-order chi connectivity index (χ1) is 9.69. The van der Waals surface area contributed by atoms with Crippen molar-refractivity contribution in [3.8, 4) is 0 Å². The Bertz CT molecular complexity index is 635. The van der Waals surface area contributed by atoms with Gasteiger partial charge in [-0.25, -0.2) is 0 Å². The van der Waals surface area contributed by atoms with Gasteiger partial charge in [-0.05, 0) is 55.2 Å².